The monoisotopic (exact) mass is 137 g/mol. The Bertz CT molecular complexity index is 225. The normalized spacial score (nSPS) is 18.9. The van der Waals surface area contributed by atoms with Gasteiger partial charge in [-0.05, 0) is 6.92 Å². The molecule has 54 valence electrons. The molecular formula is C7H11N3. The van der Waals surface area contributed by atoms with Crippen LogP contribution in [0.15, 0.2) is 6.20 Å². The zero-order chi connectivity index (χ0) is 6.97. The topological polar surface area (TPSA) is 40.7 Å². The lowest BCUT2D eigenvalue weighted by molar-refractivity contribution is 0.441. The minimum Gasteiger partial charge on any atom is -0.346 e. The lowest BCUT2D eigenvalue weighted by Gasteiger charge is -2.25. The molecule has 0 unspecified atom stereocenters. The van der Waals surface area contributed by atoms with Gasteiger partial charge in [0.2, 0.25) is 0 Å². The zero-order valence-electron chi connectivity index (χ0n) is 6.02. The zero-order valence-corrected chi connectivity index (χ0v) is 6.02. The van der Waals surface area contributed by atoms with Gasteiger partial charge in [-0.1, -0.05) is 0 Å². The van der Waals surface area contributed by atoms with Crippen molar-refractivity contribution >= 4 is 0 Å². The number of hydrogen-bond acceptors (Lipinski definition) is 2. The predicted molar refractivity (Wildman–Crippen MR) is 38.9 cm³/mol. The Morgan fingerprint density at radius 3 is 2.80 bits per heavy atom. The SMILES string of the molecule is Cc1ncc(C2CNC2)[nH]1. The first-order valence-electron chi connectivity index (χ1n) is 3.58. The van der Waals surface area contributed by atoms with Crippen molar-refractivity contribution in [3.05, 3.63) is 17.7 Å². The molecule has 2 N–H and O–H groups in total. The van der Waals surface area contributed by atoms with Gasteiger partial charge in [0.1, 0.15) is 5.82 Å². The van der Waals surface area contributed by atoms with E-state index in [1.165, 1.54) is 5.69 Å². The highest BCUT2D eigenvalue weighted by atomic mass is 15.0. The summed E-state index contributed by atoms with van der Waals surface area (Å²) in [7, 11) is 0. The van der Waals surface area contributed by atoms with Gasteiger partial charge in [-0.25, -0.2) is 4.98 Å². The largest absolute Gasteiger partial charge is 0.346 e. The molecule has 1 aromatic heterocycles. The average Bonchev–Trinajstić information content (AvgIpc) is 2.10. The van der Waals surface area contributed by atoms with E-state index < -0.39 is 0 Å². The Balaban J connectivity index is 2.17. The van der Waals surface area contributed by atoms with E-state index in [-0.39, 0.29) is 0 Å². The first kappa shape index (κ1) is 5.92. The number of aromatic amines is 1. The summed E-state index contributed by atoms with van der Waals surface area (Å²) in [4.78, 5) is 7.36. The molecule has 0 aliphatic carbocycles. The molecule has 3 heteroatoms. The number of nitrogens with one attached hydrogen (secondary N) is 2. The van der Waals surface area contributed by atoms with Gasteiger partial charge in [-0.3, -0.25) is 0 Å². The first-order valence-corrected chi connectivity index (χ1v) is 3.58. The summed E-state index contributed by atoms with van der Waals surface area (Å²) in [5.74, 6) is 1.70. The van der Waals surface area contributed by atoms with Crippen molar-refractivity contribution in [1.82, 2.24) is 15.3 Å². The van der Waals surface area contributed by atoms with E-state index in [2.05, 4.69) is 15.3 Å². The third kappa shape index (κ3) is 0.827. The van der Waals surface area contributed by atoms with Crippen molar-refractivity contribution < 1.29 is 0 Å². The molecule has 0 bridgehead atoms. The Hall–Kier alpha value is -0.830. The van der Waals surface area contributed by atoms with Gasteiger partial charge in [-0.2, -0.15) is 0 Å². The van der Waals surface area contributed by atoms with E-state index in [4.69, 9.17) is 0 Å². The van der Waals surface area contributed by atoms with E-state index in [9.17, 15) is 0 Å². The van der Waals surface area contributed by atoms with Crippen molar-refractivity contribution in [2.75, 3.05) is 13.1 Å². The van der Waals surface area contributed by atoms with Crippen LogP contribution in [0.2, 0.25) is 0 Å². The molecule has 0 radical (unpaired) electrons. The highest BCUT2D eigenvalue weighted by Crippen LogP contribution is 2.16. The minimum atomic E-state index is 0.682. The molecule has 2 heterocycles. The van der Waals surface area contributed by atoms with Gasteiger partial charge in [0.05, 0.1) is 0 Å². The van der Waals surface area contributed by atoms with Crippen LogP contribution in [0, 0.1) is 6.92 Å². The van der Waals surface area contributed by atoms with Crippen molar-refractivity contribution in [1.29, 1.82) is 0 Å². The molecule has 1 aliphatic heterocycles. The third-order valence-electron chi connectivity index (χ3n) is 1.94. The number of aryl methyl sites for hydroxylation is 1. The summed E-state index contributed by atoms with van der Waals surface area (Å²) >= 11 is 0. The summed E-state index contributed by atoms with van der Waals surface area (Å²) in [6.07, 6.45) is 1.93. The number of H-pyrrole nitrogens is 1. The fourth-order valence-corrected chi connectivity index (χ4v) is 1.16. The molecule has 1 fully saturated rings. The highest BCUT2D eigenvalue weighted by Gasteiger charge is 2.19. The fraction of sp³-hybridized carbons (Fsp3) is 0.571. The molecule has 0 spiro atoms. The molecule has 2 rings (SSSR count). The third-order valence-corrected chi connectivity index (χ3v) is 1.94. The van der Waals surface area contributed by atoms with Crippen LogP contribution in [-0.2, 0) is 0 Å². The van der Waals surface area contributed by atoms with Crippen LogP contribution < -0.4 is 5.32 Å². The maximum Gasteiger partial charge on any atom is 0.103 e. The van der Waals surface area contributed by atoms with Gasteiger partial charge in [0, 0.05) is 30.9 Å². The summed E-state index contributed by atoms with van der Waals surface area (Å²) in [6, 6.07) is 0. The van der Waals surface area contributed by atoms with Crippen LogP contribution in [0.3, 0.4) is 0 Å². The summed E-state index contributed by atoms with van der Waals surface area (Å²) in [6.45, 7) is 4.18. The van der Waals surface area contributed by atoms with Crippen LogP contribution in [0.25, 0.3) is 0 Å². The van der Waals surface area contributed by atoms with Gasteiger partial charge >= 0.3 is 0 Å². The van der Waals surface area contributed by atoms with Crippen LogP contribution in [0.4, 0.5) is 0 Å². The lowest BCUT2D eigenvalue weighted by Crippen LogP contribution is -2.40. The van der Waals surface area contributed by atoms with E-state index >= 15 is 0 Å². The molecule has 1 saturated heterocycles. The van der Waals surface area contributed by atoms with Crippen LogP contribution in [0.5, 0.6) is 0 Å². The maximum absolute atomic E-state index is 4.14. The number of rotatable bonds is 1. The van der Waals surface area contributed by atoms with E-state index in [1.54, 1.807) is 0 Å². The van der Waals surface area contributed by atoms with E-state index in [0.717, 1.165) is 18.9 Å². The number of aromatic nitrogens is 2. The quantitative estimate of drug-likeness (QED) is 0.588. The molecule has 1 aromatic rings. The number of nitrogens with zero attached hydrogens (tertiary/aromatic N) is 1. The van der Waals surface area contributed by atoms with Crippen molar-refractivity contribution in [3.8, 4) is 0 Å². The number of imidazole rings is 1. The molecule has 0 atom stereocenters. The predicted octanol–water partition coefficient (Wildman–Crippen LogP) is 0.405. The number of hydrogen-bond donors (Lipinski definition) is 2. The molecule has 10 heavy (non-hydrogen) atoms. The second-order valence-electron chi connectivity index (χ2n) is 2.78. The molecule has 0 amide bonds. The second-order valence-corrected chi connectivity index (χ2v) is 2.78. The Morgan fingerprint density at radius 2 is 2.40 bits per heavy atom. The van der Waals surface area contributed by atoms with Crippen LogP contribution >= 0.6 is 0 Å². The van der Waals surface area contributed by atoms with Crippen LogP contribution in [-0.4, -0.2) is 23.1 Å². The lowest BCUT2D eigenvalue weighted by atomic mass is 10.0. The molecule has 1 aliphatic rings. The molecule has 0 aromatic carbocycles. The van der Waals surface area contributed by atoms with Crippen molar-refractivity contribution in [2.45, 2.75) is 12.8 Å². The Morgan fingerprint density at radius 1 is 1.60 bits per heavy atom. The van der Waals surface area contributed by atoms with Crippen molar-refractivity contribution in [3.63, 3.8) is 0 Å². The minimum absolute atomic E-state index is 0.682. The van der Waals surface area contributed by atoms with Gasteiger partial charge in [0.15, 0.2) is 0 Å². The first-order chi connectivity index (χ1) is 4.86. The highest BCUT2D eigenvalue weighted by molar-refractivity contribution is 5.11. The van der Waals surface area contributed by atoms with Crippen molar-refractivity contribution in [2.24, 2.45) is 0 Å². The summed E-state index contributed by atoms with van der Waals surface area (Å²) in [5, 5.41) is 3.22. The van der Waals surface area contributed by atoms with Gasteiger partial charge in [-0.15, -0.1) is 0 Å². The standard InChI is InChI=1S/C7H11N3/c1-5-9-4-7(10-5)6-2-8-3-6/h4,6,8H,2-3H2,1H3,(H,9,10). The smallest absolute Gasteiger partial charge is 0.103 e. The summed E-state index contributed by atoms with van der Waals surface area (Å²) in [5.41, 5.74) is 1.27. The summed E-state index contributed by atoms with van der Waals surface area (Å²) < 4.78 is 0. The Kier molecular flexibility index (Phi) is 1.24. The second kappa shape index (κ2) is 2.09. The van der Waals surface area contributed by atoms with Gasteiger partial charge in [0.25, 0.3) is 0 Å². The Labute approximate surface area is 59.9 Å². The fourth-order valence-electron chi connectivity index (χ4n) is 1.16. The molecular weight excluding hydrogens is 126 g/mol. The van der Waals surface area contributed by atoms with E-state index in [1.807, 2.05) is 13.1 Å². The van der Waals surface area contributed by atoms with Crippen LogP contribution in [0.1, 0.15) is 17.4 Å². The van der Waals surface area contributed by atoms with Gasteiger partial charge < -0.3 is 10.3 Å². The molecule has 3 nitrogen and oxygen atoms in total. The maximum atomic E-state index is 4.14. The van der Waals surface area contributed by atoms with E-state index in [0.29, 0.717) is 5.92 Å². The molecule has 0 saturated carbocycles. The average molecular weight is 137 g/mol.